The van der Waals surface area contributed by atoms with E-state index in [1.165, 1.54) is 11.1 Å². The Morgan fingerprint density at radius 1 is 0.724 bits per heavy atom. The Balaban J connectivity index is 2.14. The molecule has 0 heterocycles. The SMILES string of the molecule is Cc1ccc(C(C)C)cc1OCC(CO)(CO)COc1cc(C(C)C)ccc1C. The molecule has 2 aromatic carbocycles. The quantitative estimate of drug-likeness (QED) is 0.591. The number of aliphatic hydroxyl groups excluding tert-OH is 2. The first-order chi connectivity index (χ1) is 13.7. The van der Waals surface area contributed by atoms with Crippen LogP contribution >= 0.6 is 0 Å². The molecule has 0 fully saturated rings. The Bertz CT molecular complexity index is 728. The van der Waals surface area contributed by atoms with Crippen molar-refractivity contribution in [1.82, 2.24) is 0 Å². The fraction of sp³-hybridized carbons (Fsp3) is 0.520. The van der Waals surface area contributed by atoms with Crippen molar-refractivity contribution in [2.45, 2.75) is 53.4 Å². The number of aliphatic hydroxyl groups is 2. The van der Waals surface area contributed by atoms with Gasteiger partial charge in [0.1, 0.15) is 24.7 Å². The molecule has 2 N–H and O–H groups in total. The van der Waals surface area contributed by atoms with Gasteiger partial charge >= 0.3 is 0 Å². The van der Waals surface area contributed by atoms with E-state index in [2.05, 4.69) is 39.8 Å². The van der Waals surface area contributed by atoms with E-state index in [-0.39, 0.29) is 26.4 Å². The predicted molar refractivity (Wildman–Crippen MR) is 118 cm³/mol. The second-order valence-corrected chi connectivity index (χ2v) is 8.75. The highest BCUT2D eigenvalue weighted by Gasteiger charge is 2.32. The average molecular weight is 401 g/mol. The summed E-state index contributed by atoms with van der Waals surface area (Å²) in [6.07, 6.45) is 0. The third kappa shape index (κ3) is 5.97. The van der Waals surface area contributed by atoms with Gasteiger partial charge in [-0.05, 0) is 60.1 Å². The Morgan fingerprint density at radius 2 is 1.10 bits per heavy atom. The molecule has 2 aromatic rings. The lowest BCUT2D eigenvalue weighted by molar-refractivity contribution is -0.0190. The second kappa shape index (κ2) is 10.1. The van der Waals surface area contributed by atoms with Gasteiger partial charge in [-0.1, -0.05) is 52.0 Å². The summed E-state index contributed by atoms with van der Waals surface area (Å²) < 4.78 is 12.1. The maximum atomic E-state index is 10.0. The standard InChI is InChI=1S/C25H36O4/c1-17(2)21-9-7-19(5)23(11-21)28-15-25(13-26,14-27)16-29-24-12-22(18(3)4)10-8-20(24)6/h7-12,17-18,26-27H,13-16H2,1-6H3. The van der Waals surface area contributed by atoms with Gasteiger partial charge in [0, 0.05) is 0 Å². The lowest BCUT2D eigenvalue weighted by Crippen LogP contribution is -2.42. The highest BCUT2D eigenvalue weighted by molar-refractivity contribution is 5.39. The molecular weight excluding hydrogens is 364 g/mol. The first-order valence-corrected chi connectivity index (χ1v) is 10.4. The van der Waals surface area contributed by atoms with Crippen LogP contribution in [0, 0.1) is 19.3 Å². The van der Waals surface area contributed by atoms with Crippen LogP contribution in [0.5, 0.6) is 11.5 Å². The molecule has 0 spiro atoms. The Kier molecular flexibility index (Phi) is 8.12. The number of hydrogen-bond acceptors (Lipinski definition) is 4. The van der Waals surface area contributed by atoms with E-state index in [1.54, 1.807) is 0 Å². The van der Waals surface area contributed by atoms with Crippen molar-refractivity contribution in [2.75, 3.05) is 26.4 Å². The molecule has 0 aliphatic carbocycles. The van der Waals surface area contributed by atoms with E-state index in [0.29, 0.717) is 11.8 Å². The molecule has 0 amide bonds. The van der Waals surface area contributed by atoms with Crippen molar-refractivity contribution in [3.8, 4) is 11.5 Å². The van der Waals surface area contributed by atoms with Crippen LogP contribution in [0.2, 0.25) is 0 Å². The monoisotopic (exact) mass is 400 g/mol. The summed E-state index contributed by atoms with van der Waals surface area (Å²) in [5.74, 6) is 2.36. The highest BCUT2D eigenvalue weighted by atomic mass is 16.5. The molecule has 0 unspecified atom stereocenters. The van der Waals surface area contributed by atoms with Gasteiger partial charge in [-0.2, -0.15) is 0 Å². The number of ether oxygens (including phenoxy) is 2. The lowest BCUT2D eigenvalue weighted by atomic mass is 9.92. The minimum atomic E-state index is -0.888. The topological polar surface area (TPSA) is 58.9 Å². The smallest absolute Gasteiger partial charge is 0.122 e. The summed E-state index contributed by atoms with van der Waals surface area (Å²) in [5, 5.41) is 20.1. The van der Waals surface area contributed by atoms with Gasteiger partial charge in [0.25, 0.3) is 0 Å². The predicted octanol–water partition coefficient (Wildman–Crippen LogP) is 4.98. The van der Waals surface area contributed by atoms with Crippen molar-refractivity contribution >= 4 is 0 Å². The van der Waals surface area contributed by atoms with Gasteiger partial charge in [0.2, 0.25) is 0 Å². The Labute approximate surface area is 175 Å². The van der Waals surface area contributed by atoms with Gasteiger partial charge < -0.3 is 19.7 Å². The molecule has 0 aliphatic heterocycles. The Morgan fingerprint density at radius 3 is 1.41 bits per heavy atom. The largest absolute Gasteiger partial charge is 0.492 e. The van der Waals surface area contributed by atoms with E-state index in [0.717, 1.165) is 22.6 Å². The van der Waals surface area contributed by atoms with Crippen LogP contribution in [-0.4, -0.2) is 36.6 Å². The number of aryl methyl sites for hydroxylation is 2. The van der Waals surface area contributed by atoms with Crippen LogP contribution in [0.3, 0.4) is 0 Å². The molecule has 0 atom stereocenters. The molecule has 0 bridgehead atoms. The van der Waals surface area contributed by atoms with Crippen molar-refractivity contribution < 1.29 is 19.7 Å². The van der Waals surface area contributed by atoms with Crippen LogP contribution < -0.4 is 9.47 Å². The number of rotatable bonds is 10. The van der Waals surface area contributed by atoms with E-state index in [1.807, 2.05) is 38.1 Å². The van der Waals surface area contributed by atoms with Crippen molar-refractivity contribution in [1.29, 1.82) is 0 Å². The van der Waals surface area contributed by atoms with Crippen molar-refractivity contribution in [3.63, 3.8) is 0 Å². The molecular formula is C25H36O4. The second-order valence-electron chi connectivity index (χ2n) is 8.75. The summed E-state index contributed by atoms with van der Waals surface area (Å²) >= 11 is 0. The van der Waals surface area contributed by atoms with Crippen molar-refractivity contribution in [2.24, 2.45) is 5.41 Å². The van der Waals surface area contributed by atoms with Crippen LogP contribution in [0.25, 0.3) is 0 Å². The zero-order valence-electron chi connectivity index (χ0n) is 18.7. The van der Waals surface area contributed by atoms with Gasteiger partial charge in [0.05, 0.1) is 18.6 Å². The molecule has 0 saturated carbocycles. The molecule has 2 rings (SSSR count). The summed E-state index contributed by atoms with van der Waals surface area (Å²) in [6, 6.07) is 12.4. The van der Waals surface area contributed by atoms with Crippen LogP contribution in [-0.2, 0) is 0 Å². The third-order valence-corrected chi connectivity index (χ3v) is 5.50. The van der Waals surface area contributed by atoms with Crippen LogP contribution in [0.1, 0.15) is 61.8 Å². The van der Waals surface area contributed by atoms with Crippen molar-refractivity contribution in [3.05, 3.63) is 58.7 Å². The molecule has 160 valence electrons. The van der Waals surface area contributed by atoms with Crippen LogP contribution in [0.4, 0.5) is 0 Å². The van der Waals surface area contributed by atoms with E-state index >= 15 is 0 Å². The summed E-state index contributed by atoms with van der Waals surface area (Å²) in [4.78, 5) is 0. The zero-order valence-corrected chi connectivity index (χ0v) is 18.7. The fourth-order valence-electron chi connectivity index (χ4n) is 3.00. The zero-order chi connectivity index (χ0) is 21.6. The van der Waals surface area contributed by atoms with E-state index in [4.69, 9.17) is 9.47 Å². The van der Waals surface area contributed by atoms with Gasteiger partial charge in [-0.15, -0.1) is 0 Å². The highest BCUT2D eigenvalue weighted by Crippen LogP contribution is 2.29. The van der Waals surface area contributed by atoms with E-state index in [9.17, 15) is 10.2 Å². The summed E-state index contributed by atoms with van der Waals surface area (Å²) in [7, 11) is 0. The molecule has 4 nitrogen and oxygen atoms in total. The average Bonchev–Trinajstić information content (AvgIpc) is 2.70. The van der Waals surface area contributed by atoms with Gasteiger partial charge in [0.15, 0.2) is 0 Å². The normalized spacial score (nSPS) is 11.9. The first-order valence-electron chi connectivity index (χ1n) is 10.4. The lowest BCUT2D eigenvalue weighted by Gasteiger charge is -2.30. The molecule has 0 radical (unpaired) electrons. The Hall–Kier alpha value is -2.04. The fourth-order valence-corrected chi connectivity index (χ4v) is 3.00. The molecule has 4 heteroatoms. The molecule has 0 saturated heterocycles. The minimum absolute atomic E-state index is 0.172. The number of hydrogen-bond donors (Lipinski definition) is 2. The van der Waals surface area contributed by atoms with Gasteiger partial charge in [-0.25, -0.2) is 0 Å². The maximum absolute atomic E-state index is 10.0. The molecule has 0 aromatic heterocycles. The van der Waals surface area contributed by atoms with E-state index < -0.39 is 5.41 Å². The van der Waals surface area contributed by atoms with Gasteiger partial charge in [-0.3, -0.25) is 0 Å². The molecule has 29 heavy (non-hydrogen) atoms. The maximum Gasteiger partial charge on any atom is 0.122 e. The summed E-state index contributed by atoms with van der Waals surface area (Å²) in [6.45, 7) is 12.4. The third-order valence-electron chi connectivity index (χ3n) is 5.50. The number of benzene rings is 2. The molecule has 0 aliphatic rings. The summed E-state index contributed by atoms with van der Waals surface area (Å²) in [5.41, 5.74) is 3.56. The first kappa shape index (κ1) is 23.2. The van der Waals surface area contributed by atoms with Crippen LogP contribution in [0.15, 0.2) is 36.4 Å². The minimum Gasteiger partial charge on any atom is -0.492 e.